The van der Waals surface area contributed by atoms with E-state index < -0.39 is 17.6 Å². The molecule has 7 nitrogen and oxygen atoms in total. The lowest BCUT2D eigenvalue weighted by atomic mass is 10.1. The summed E-state index contributed by atoms with van der Waals surface area (Å²) in [7, 11) is 0. The van der Waals surface area contributed by atoms with Crippen molar-refractivity contribution in [1.29, 1.82) is 0 Å². The molecule has 10 heteroatoms. The molecule has 4 aromatic rings. The number of alkyl halides is 3. The third kappa shape index (κ3) is 5.59. The predicted octanol–water partition coefficient (Wildman–Crippen LogP) is 5.67. The molecule has 2 heterocycles. The zero-order chi connectivity index (χ0) is 26.0. The summed E-state index contributed by atoms with van der Waals surface area (Å²) in [5.74, 6) is 0.321. The molecule has 0 saturated carbocycles. The number of carbonyl (C=O) groups is 1. The summed E-state index contributed by atoms with van der Waals surface area (Å²) in [6, 6.07) is 12.6. The first-order valence-electron chi connectivity index (χ1n) is 11.3. The molecule has 2 aromatic carbocycles. The summed E-state index contributed by atoms with van der Waals surface area (Å²) < 4.78 is 48.0. The van der Waals surface area contributed by atoms with Crippen molar-refractivity contribution in [3.8, 4) is 5.75 Å². The van der Waals surface area contributed by atoms with E-state index in [4.69, 9.17) is 4.74 Å². The molecule has 0 aliphatic carbocycles. The molecule has 0 aliphatic rings. The van der Waals surface area contributed by atoms with Crippen LogP contribution in [-0.4, -0.2) is 25.5 Å². The van der Waals surface area contributed by atoms with Gasteiger partial charge in [0.05, 0.1) is 29.2 Å². The first-order valence-corrected chi connectivity index (χ1v) is 11.3. The SMILES string of the molecule is Cc1ccc(C)c(OCn2ccc(C(=O)Nc3c(C)nn(Cc4cccc(C(F)(F)F)c4)c3C)n2)c1. The number of halogens is 3. The van der Waals surface area contributed by atoms with Gasteiger partial charge in [0.1, 0.15) is 5.75 Å². The Balaban J connectivity index is 1.44. The predicted molar refractivity (Wildman–Crippen MR) is 129 cm³/mol. The van der Waals surface area contributed by atoms with Gasteiger partial charge in [-0.25, -0.2) is 4.68 Å². The molecule has 0 unspecified atom stereocenters. The summed E-state index contributed by atoms with van der Waals surface area (Å²) in [6.45, 7) is 7.69. The van der Waals surface area contributed by atoms with Gasteiger partial charge in [-0.15, -0.1) is 0 Å². The van der Waals surface area contributed by atoms with Crippen molar-refractivity contribution in [1.82, 2.24) is 19.6 Å². The normalized spacial score (nSPS) is 11.5. The van der Waals surface area contributed by atoms with Gasteiger partial charge < -0.3 is 10.1 Å². The average Bonchev–Trinajstić information content (AvgIpc) is 3.40. The van der Waals surface area contributed by atoms with Gasteiger partial charge in [-0.3, -0.25) is 9.48 Å². The number of hydrogen-bond donors (Lipinski definition) is 1. The first-order chi connectivity index (χ1) is 17.0. The number of aryl methyl sites for hydroxylation is 3. The molecule has 2 aromatic heterocycles. The minimum absolute atomic E-state index is 0.136. The van der Waals surface area contributed by atoms with Crippen molar-refractivity contribution < 1.29 is 22.7 Å². The van der Waals surface area contributed by atoms with Crippen molar-refractivity contribution in [2.45, 2.75) is 47.1 Å². The zero-order valence-electron chi connectivity index (χ0n) is 20.3. The van der Waals surface area contributed by atoms with E-state index in [2.05, 4.69) is 15.5 Å². The first kappa shape index (κ1) is 25.0. The van der Waals surface area contributed by atoms with E-state index >= 15 is 0 Å². The van der Waals surface area contributed by atoms with Crippen LogP contribution in [-0.2, 0) is 19.5 Å². The average molecular weight is 498 g/mol. The maximum atomic E-state index is 13.0. The number of amides is 1. The molecule has 0 fully saturated rings. The third-order valence-corrected chi connectivity index (χ3v) is 5.78. The number of anilines is 1. The Hall–Kier alpha value is -4.08. The Morgan fingerprint density at radius 1 is 1.03 bits per heavy atom. The standard InChI is InChI=1S/C26H26F3N5O2/c1-16-8-9-17(2)23(12-16)36-15-33-11-10-22(32-33)25(35)30-24-18(3)31-34(19(24)4)14-20-6-5-7-21(13-20)26(27,28)29/h5-13H,14-15H2,1-4H3,(H,30,35). The molecule has 0 spiro atoms. The molecular weight excluding hydrogens is 471 g/mol. The van der Waals surface area contributed by atoms with Gasteiger partial charge in [-0.1, -0.05) is 24.3 Å². The largest absolute Gasteiger partial charge is 0.471 e. The minimum atomic E-state index is -4.42. The van der Waals surface area contributed by atoms with Crippen LogP contribution >= 0.6 is 0 Å². The summed E-state index contributed by atoms with van der Waals surface area (Å²) >= 11 is 0. The third-order valence-electron chi connectivity index (χ3n) is 5.78. The number of nitrogens with zero attached hydrogens (tertiary/aromatic N) is 4. The van der Waals surface area contributed by atoms with Gasteiger partial charge in [-0.05, 0) is 68.7 Å². The van der Waals surface area contributed by atoms with Gasteiger partial charge >= 0.3 is 6.18 Å². The highest BCUT2D eigenvalue weighted by molar-refractivity contribution is 6.03. The second-order valence-electron chi connectivity index (χ2n) is 8.64. The Labute approximate surface area is 206 Å². The summed E-state index contributed by atoms with van der Waals surface area (Å²) in [5.41, 5.74) is 3.68. The molecule has 4 rings (SSSR count). The smallest absolute Gasteiger partial charge is 0.416 e. The zero-order valence-corrected chi connectivity index (χ0v) is 20.3. The van der Waals surface area contributed by atoms with Gasteiger partial charge in [0.2, 0.25) is 0 Å². The van der Waals surface area contributed by atoms with Crippen molar-refractivity contribution in [2.24, 2.45) is 0 Å². The lowest BCUT2D eigenvalue weighted by Gasteiger charge is -2.10. The fourth-order valence-corrected chi connectivity index (χ4v) is 3.78. The Bertz CT molecular complexity index is 1410. The van der Waals surface area contributed by atoms with E-state index in [9.17, 15) is 18.0 Å². The van der Waals surface area contributed by atoms with Gasteiger partial charge in [0.25, 0.3) is 5.91 Å². The van der Waals surface area contributed by atoms with E-state index in [-0.39, 0.29) is 19.0 Å². The van der Waals surface area contributed by atoms with Crippen LogP contribution in [0.5, 0.6) is 5.75 Å². The molecule has 0 saturated heterocycles. The molecule has 188 valence electrons. The molecule has 0 atom stereocenters. The fourth-order valence-electron chi connectivity index (χ4n) is 3.78. The van der Waals surface area contributed by atoms with Crippen molar-refractivity contribution in [3.05, 3.63) is 94.1 Å². The van der Waals surface area contributed by atoms with E-state index in [1.165, 1.54) is 10.7 Å². The highest BCUT2D eigenvalue weighted by Gasteiger charge is 2.30. The van der Waals surface area contributed by atoms with Crippen LogP contribution < -0.4 is 10.1 Å². The maximum Gasteiger partial charge on any atom is 0.416 e. The summed E-state index contributed by atoms with van der Waals surface area (Å²) in [4.78, 5) is 12.8. The van der Waals surface area contributed by atoms with E-state index in [1.54, 1.807) is 36.9 Å². The van der Waals surface area contributed by atoms with Crippen molar-refractivity contribution in [2.75, 3.05) is 5.32 Å². The topological polar surface area (TPSA) is 74.0 Å². The lowest BCUT2D eigenvalue weighted by Crippen LogP contribution is -2.15. The lowest BCUT2D eigenvalue weighted by molar-refractivity contribution is -0.137. The van der Waals surface area contributed by atoms with Crippen LogP contribution in [0, 0.1) is 27.7 Å². The van der Waals surface area contributed by atoms with Crippen LogP contribution in [0.3, 0.4) is 0 Å². The number of hydrogen-bond acceptors (Lipinski definition) is 4. The molecule has 1 amide bonds. The van der Waals surface area contributed by atoms with Crippen LogP contribution in [0.2, 0.25) is 0 Å². The van der Waals surface area contributed by atoms with Crippen molar-refractivity contribution >= 4 is 11.6 Å². The van der Waals surface area contributed by atoms with E-state index in [1.807, 2.05) is 32.0 Å². The van der Waals surface area contributed by atoms with Crippen LogP contribution in [0.4, 0.5) is 18.9 Å². The number of benzene rings is 2. The highest BCUT2D eigenvalue weighted by atomic mass is 19.4. The maximum absolute atomic E-state index is 13.0. The molecule has 0 bridgehead atoms. The van der Waals surface area contributed by atoms with E-state index in [0.29, 0.717) is 22.6 Å². The quantitative estimate of drug-likeness (QED) is 0.357. The Morgan fingerprint density at radius 2 is 1.81 bits per heavy atom. The second-order valence-corrected chi connectivity index (χ2v) is 8.64. The van der Waals surface area contributed by atoms with Crippen LogP contribution in [0.15, 0.2) is 54.7 Å². The van der Waals surface area contributed by atoms with Gasteiger partial charge in [0.15, 0.2) is 12.4 Å². The number of aromatic nitrogens is 4. The van der Waals surface area contributed by atoms with Crippen LogP contribution in [0.25, 0.3) is 0 Å². The number of ether oxygens (including phenoxy) is 1. The monoisotopic (exact) mass is 497 g/mol. The highest BCUT2D eigenvalue weighted by Crippen LogP contribution is 2.30. The minimum Gasteiger partial charge on any atom is -0.471 e. The fraction of sp³-hybridized carbons (Fsp3) is 0.269. The summed E-state index contributed by atoms with van der Waals surface area (Å²) in [5, 5.41) is 11.5. The number of rotatable bonds is 7. The molecule has 1 N–H and O–H groups in total. The van der Waals surface area contributed by atoms with Crippen molar-refractivity contribution in [3.63, 3.8) is 0 Å². The number of nitrogens with one attached hydrogen (secondary N) is 1. The van der Waals surface area contributed by atoms with Crippen LogP contribution in [0.1, 0.15) is 44.1 Å². The molecule has 0 aliphatic heterocycles. The van der Waals surface area contributed by atoms with Gasteiger partial charge in [-0.2, -0.15) is 23.4 Å². The van der Waals surface area contributed by atoms with E-state index in [0.717, 1.165) is 29.0 Å². The number of carbonyl (C=O) groups excluding carboxylic acids is 1. The Kier molecular flexibility index (Phi) is 6.87. The Morgan fingerprint density at radius 3 is 2.56 bits per heavy atom. The molecule has 0 radical (unpaired) electrons. The second kappa shape index (κ2) is 9.88. The summed E-state index contributed by atoms with van der Waals surface area (Å²) in [6.07, 6.45) is -2.77. The molecule has 36 heavy (non-hydrogen) atoms. The van der Waals surface area contributed by atoms with Gasteiger partial charge in [0, 0.05) is 6.20 Å². The molecular formula is C26H26F3N5O2.